The fourth-order valence-electron chi connectivity index (χ4n) is 0.351. The van der Waals surface area contributed by atoms with Gasteiger partial charge in [-0.15, -0.1) is 0 Å². The number of carbonyl (C=O) groups is 2. The summed E-state index contributed by atoms with van der Waals surface area (Å²) in [5, 5.41) is 0. The number of amides is 1. The first-order valence-electron chi connectivity index (χ1n) is 2.64. The molecule has 0 saturated carbocycles. The van der Waals surface area contributed by atoms with Crippen LogP contribution in [0.25, 0.3) is 0 Å². The Labute approximate surface area is 53.5 Å². The van der Waals surface area contributed by atoms with E-state index < -0.39 is 0 Å². The summed E-state index contributed by atoms with van der Waals surface area (Å²) in [6.45, 7) is 0. The van der Waals surface area contributed by atoms with Gasteiger partial charge >= 0.3 is 0 Å². The molecule has 9 heavy (non-hydrogen) atoms. The Hall–Kier alpha value is -1.12. The molecule has 0 heterocycles. The Kier molecular flexibility index (Phi) is 4.40. The van der Waals surface area contributed by atoms with Crippen LogP contribution in [0.5, 0.6) is 0 Å². The predicted octanol–water partition coefficient (Wildman–Crippen LogP) is 0.00700. The van der Waals surface area contributed by atoms with Crippen LogP contribution in [0.4, 0.5) is 0 Å². The van der Waals surface area contributed by atoms with Crippen molar-refractivity contribution in [2.75, 3.05) is 0 Å². The topological polar surface area (TPSA) is 60.2 Å². The molecule has 0 aromatic carbocycles. The van der Waals surface area contributed by atoms with Crippen LogP contribution >= 0.6 is 0 Å². The molecule has 0 radical (unpaired) electrons. The number of nitrogens with two attached hydrogens (primary N) is 1. The van der Waals surface area contributed by atoms with Gasteiger partial charge in [-0.05, 0) is 0 Å². The van der Waals surface area contributed by atoms with E-state index in [1.54, 1.807) is 12.2 Å². The van der Waals surface area contributed by atoms with Crippen molar-refractivity contribution in [1.29, 1.82) is 0 Å². The van der Waals surface area contributed by atoms with Crippen LogP contribution in [0, 0.1) is 0 Å². The second-order valence-corrected chi connectivity index (χ2v) is 1.54. The number of allylic oxidation sites excluding steroid dienone is 1. The molecule has 1 amide bonds. The van der Waals surface area contributed by atoms with Crippen LogP contribution in [0.1, 0.15) is 12.8 Å². The monoisotopic (exact) mass is 127 g/mol. The summed E-state index contributed by atoms with van der Waals surface area (Å²) >= 11 is 0. The van der Waals surface area contributed by atoms with Gasteiger partial charge in [0.05, 0.1) is 0 Å². The van der Waals surface area contributed by atoms with Crippen molar-refractivity contribution in [3.63, 3.8) is 0 Å². The summed E-state index contributed by atoms with van der Waals surface area (Å²) in [6, 6.07) is 0. The fourth-order valence-corrected chi connectivity index (χ4v) is 0.351. The third-order valence-electron chi connectivity index (χ3n) is 0.718. The summed E-state index contributed by atoms with van der Waals surface area (Å²) in [4.78, 5) is 19.7. The Morgan fingerprint density at radius 3 is 2.56 bits per heavy atom. The van der Waals surface area contributed by atoms with Gasteiger partial charge in [-0.3, -0.25) is 4.79 Å². The lowest BCUT2D eigenvalue weighted by Crippen LogP contribution is -2.07. The molecular weight excluding hydrogens is 118 g/mol. The first-order valence-corrected chi connectivity index (χ1v) is 2.64. The minimum Gasteiger partial charge on any atom is -0.369 e. The van der Waals surface area contributed by atoms with Crippen LogP contribution in [0.2, 0.25) is 0 Å². The van der Waals surface area contributed by atoms with Gasteiger partial charge < -0.3 is 10.5 Å². The van der Waals surface area contributed by atoms with Gasteiger partial charge in [0.15, 0.2) is 0 Å². The van der Waals surface area contributed by atoms with Crippen LogP contribution in [-0.4, -0.2) is 12.2 Å². The third-order valence-corrected chi connectivity index (χ3v) is 0.718. The van der Waals surface area contributed by atoms with Gasteiger partial charge in [0.1, 0.15) is 6.29 Å². The largest absolute Gasteiger partial charge is 0.369 e. The number of hydrogen-bond acceptors (Lipinski definition) is 2. The number of rotatable bonds is 4. The van der Waals surface area contributed by atoms with Gasteiger partial charge in [0.25, 0.3) is 0 Å². The summed E-state index contributed by atoms with van der Waals surface area (Å²) < 4.78 is 0. The molecule has 0 aliphatic rings. The van der Waals surface area contributed by atoms with E-state index in [0.717, 1.165) is 6.29 Å². The summed E-state index contributed by atoms with van der Waals surface area (Å²) in [6.07, 6.45) is 4.52. The maximum atomic E-state index is 10.0. The van der Waals surface area contributed by atoms with Crippen molar-refractivity contribution >= 4 is 12.2 Å². The van der Waals surface area contributed by atoms with Gasteiger partial charge in [-0.25, -0.2) is 0 Å². The standard InChI is InChI=1S/C6H9NO2/c7-6(9)4-2-1-3-5-8/h1-2,5H,3-4H2,(H2,7,9). The van der Waals surface area contributed by atoms with Crippen molar-refractivity contribution in [2.45, 2.75) is 12.8 Å². The molecule has 2 N–H and O–H groups in total. The second kappa shape index (κ2) is 5.03. The minimum atomic E-state index is -0.378. The van der Waals surface area contributed by atoms with Gasteiger partial charge in [-0.2, -0.15) is 0 Å². The van der Waals surface area contributed by atoms with Crippen molar-refractivity contribution in [2.24, 2.45) is 5.73 Å². The Bertz CT molecular complexity index is 129. The first kappa shape index (κ1) is 7.88. The average molecular weight is 127 g/mol. The maximum Gasteiger partial charge on any atom is 0.221 e. The minimum absolute atomic E-state index is 0.216. The number of carbonyl (C=O) groups excluding carboxylic acids is 2. The molecule has 3 nitrogen and oxygen atoms in total. The molecule has 0 aromatic heterocycles. The molecule has 3 heteroatoms. The van der Waals surface area contributed by atoms with Crippen LogP contribution < -0.4 is 5.73 Å². The zero-order valence-corrected chi connectivity index (χ0v) is 5.04. The van der Waals surface area contributed by atoms with E-state index in [4.69, 9.17) is 5.73 Å². The molecule has 0 aliphatic carbocycles. The molecule has 0 aromatic rings. The molecule has 0 saturated heterocycles. The Balaban J connectivity index is 3.24. The smallest absolute Gasteiger partial charge is 0.221 e. The normalized spacial score (nSPS) is 9.78. The van der Waals surface area contributed by atoms with E-state index in [1.807, 2.05) is 0 Å². The highest BCUT2D eigenvalue weighted by Gasteiger charge is 1.84. The molecule has 0 atom stereocenters. The SMILES string of the molecule is NC(=O)CC=CCC=O. The molecule has 0 fully saturated rings. The summed E-state index contributed by atoms with van der Waals surface area (Å²) in [5.74, 6) is -0.378. The summed E-state index contributed by atoms with van der Waals surface area (Å²) in [5.41, 5.74) is 4.80. The lowest BCUT2D eigenvalue weighted by molar-refractivity contribution is -0.117. The quantitative estimate of drug-likeness (QED) is 0.427. The number of aldehydes is 1. The lowest BCUT2D eigenvalue weighted by atomic mass is 10.3. The third kappa shape index (κ3) is 6.88. The zero-order valence-electron chi connectivity index (χ0n) is 5.04. The molecule has 0 unspecified atom stereocenters. The second-order valence-electron chi connectivity index (χ2n) is 1.54. The first-order chi connectivity index (χ1) is 4.27. The lowest BCUT2D eigenvalue weighted by Gasteiger charge is -1.81. The maximum absolute atomic E-state index is 10.0. The number of hydrogen-bond donors (Lipinski definition) is 1. The van der Waals surface area contributed by atoms with E-state index >= 15 is 0 Å². The molecule has 0 spiro atoms. The molecule has 0 aliphatic heterocycles. The van der Waals surface area contributed by atoms with Crippen LogP contribution in [0.15, 0.2) is 12.2 Å². The van der Waals surface area contributed by atoms with E-state index in [9.17, 15) is 9.59 Å². The fraction of sp³-hybridized carbons (Fsp3) is 0.333. The predicted molar refractivity (Wildman–Crippen MR) is 33.6 cm³/mol. The molecule has 0 rings (SSSR count). The highest BCUT2D eigenvalue weighted by Crippen LogP contribution is 1.82. The highest BCUT2D eigenvalue weighted by molar-refractivity contribution is 5.75. The van der Waals surface area contributed by atoms with Crippen LogP contribution in [0.3, 0.4) is 0 Å². The van der Waals surface area contributed by atoms with Crippen molar-refractivity contribution in [3.8, 4) is 0 Å². The van der Waals surface area contributed by atoms with Gasteiger partial charge in [0, 0.05) is 12.8 Å². The highest BCUT2D eigenvalue weighted by atomic mass is 16.1. The van der Waals surface area contributed by atoms with Crippen LogP contribution in [-0.2, 0) is 9.59 Å². The van der Waals surface area contributed by atoms with Crippen molar-refractivity contribution < 1.29 is 9.59 Å². The van der Waals surface area contributed by atoms with Crippen molar-refractivity contribution in [3.05, 3.63) is 12.2 Å². The van der Waals surface area contributed by atoms with E-state index in [1.165, 1.54) is 0 Å². The van der Waals surface area contributed by atoms with Gasteiger partial charge in [-0.1, -0.05) is 12.2 Å². The molecule has 0 bridgehead atoms. The van der Waals surface area contributed by atoms with Crippen molar-refractivity contribution in [1.82, 2.24) is 0 Å². The average Bonchev–Trinajstić information content (AvgIpc) is 1.80. The van der Waals surface area contributed by atoms with E-state index in [0.29, 0.717) is 6.42 Å². The van der Waals surface area contributed by atoms with E-state index in [-0.39, 0.29) is 12.3 Å². The molecular formula is C6H9NO2. The van der Waals surface area contributed by atoms with E-state index in [2.05, 4.69) is 0 Å². The zero-order chi connectivity index (χ0) is 7.11. The van der Waals surface area contributed by atoms with Gasteiger partial charge in [0.2, 0.25) is 5.91 Å². The molecule has 50 valence electrons. The Morgan fingerprint density at radius 1 is 1.44 bits per heavy atom. The Morgan fingerprint density at radius 2 is 2.11 bits per heavy atom. The number of primary amides is 1. The summed E-state index contributed by atoms with van der Waals surface area (Å²) in [7, 11) is 0.